The number of carbonyl (C=O) groups is 2. The molecule has 2 heterocycles. The second-order valence-corrected chi connectivity index (χ2v) is 11.9. The third-order valence-electron chi connectivity index (χ3n) is 7.81. The highest BCUT2D eigenvalue weighted by molar-refractivity contribution is 8.05. The molecule has 9 heteroatoms. The number of anilines is 1. The van der Waals surface area contributed by atoms with Gasteiger partial charge >= 0.3 is 0 Å². The minimum absolute atomic E-state index is 0.262. The predicted octanol–water partition coefficient (Wildman–Crippen LogP) is 8.53. The molecular weight excluding hydrogens is 653 g/mol. The number of carbonyl (C=O) groups excluding carboxylic acids is 2. The van der Waals surface area contributed by atoms with E-state index in [9.17, 15) is 9.59 Å². The number of hydrazone groups is 1. The van der Waals surface area contributed by atoms with Gasteiger partial charge in [0, 0.05) is 49.7 Å². The lowest BCUT2D eigenvalue weighted by molar-refractivity contribution is -0.132. The topological polar surface area (TPSA) is 80.3 Å². The average molecular weight is 715 g/mol. The van der Waals surface area contributed by atoms with Crippen molar-refractivity contribution in [3.05, 3.63) is 107 Å². The zero-order valence-corrected chi connectivity index (χ0v) is 33.1. The largest absolute Gasteiger partial charge is 0.368 e. The lowest BCUT2D eigenvalue weighted by Gasteiger charge is -2.37. The number of terminal acetylenes is 1. The molecule has 2 N–H and O–H groups in total. The molecular formula is C42H62N6O2S. The van der Waals surface area contributed by atoms with Crippen LogP contribution in [0.15, 0.2) is 106 Å². The second-order valence-electron chi connectivity index (χ2n) is 11.2. The molecule has 8 nitrogen and oxygen atoms in total. The Balaban J connectivity index is 0.000000914. The van der Waals surface area contributed by atoms with Crippen molar-refractivity contribution < 1.29 is 9.59 Å². The highest BCUT2D eigenvalue weighted by atomic mass is 32.2. The van der Waals surface area contributed by atoms with Crippen molar-refractivity contribution in [1.82, 2.24) is 20.5 Å². The number of likely N-dealkylation sites (N-methyl/N-ethyl adjacent to an activating group) is 1. The first-order valence-corrected chi connectivity index (χ1v) is 18.7. The van der Waals surface area contributed by atoms with Crippen LogP contribution in [0, 0.1) is 12.8 Å². The number of thioether (sulfide) groups is 1. The van der Waals surface area contributed by atoms with E-state index in [2.05, 4.69) is 100 Å². The van der Waals surface area contributed by atoms with E-state index >= 15 is 0 Å². The third-order valence-corrected chi connectivity index (χ3v) is 8.58. The molecule has 0 bridgehead atoms. The van der Waals surface area contributed by atoms with E-state index in [1.165, 1.54) is 16.8 Å². The molecule has 278 valence electrons. The van der Waals surface area contributed by atoms with Crippen molar-refractivity contribution in [2.24, 2.45) is 5.10 Å². The Morgan fingerprint density at radius 3 is 2.33 bits per heavy atom. The summed E-state index contributed by atoms with van der Waals surface area (Å²) < 4.78 is 0. The fraction of sp³-hybridized carbons (Fsp3) is 0.405. The van der Waals surface area contributed by atoms with Crippen molar-refractivity contribution in [3.63, 3.8) is 0 Å². The Kier molecular flexibility index (Phi) is 26.6. The molecule has 3 rings (SSSR count). The van der Waals surface area contributed by atoms with Crippen LogP contribution in [0.3, 0.4) is 0 Å². The normalized spacial score (nSPS) is 14.8. The number of hydrogen-bond donors (Lipinski definition) is 2. The number of nitrogens with one attached hydrogen (secondary N) is 2. The number of nitrogens with zero attached hydrogens (tertiary/aromatic N) is 4. The van der Waals surface area contributed by atoms with Crippen LogP contribution in [0.4, 0.5) is 5.69 Å². The van der Waals surface area contributed by atoms with Gasteiger partial charge in [-0.25, -0.2) is 0 Å². The van der Waals surface area contributed by atoms with Gasteiger partial charge < -0.3 is 15.1 Å². The molecule has 0 aromatic heterocycles. The smallest absolute Gasteiger partial charge is 0.236 e. The number of benzene rings is 1. The van der Waals surface area contributed by atoms with Crippen LogP contribution < -0.4 is 15.6 Å². The van der Waals surface area contributed by atoms with E-state index in [0.717, 1.165) is 69.1 Å². The van der Waals surface area contributed by atoms with E-state index in [1.54, 1.807) is 11.8 Å². The van der Waals surface area contributed by atoms with E-state index in [4.69, 9.17) is 0 Å². The lowest BCUT2D eigenvalue weighted by atomic mass is 10.0. The van der Waals surface area contributed by atoms with Gasteiger partial charge in [0.2, 0.25) is 12.3 Å². The first kappa shape index (κ1) is 46.5. The summed E-state index contributed by atoms with van der Waals surface area (Å²) in [7, 11) is 0. The fourth-order valence-corrected chi connectivity index (χ4v) is 5.45. The Bertz CT molecular complexity index is 1420. The quantitative estimate of drug-likeness (QED) is 0.0624. The highest BCUT2D eigenvalue weighted by Crippen LogP contribution is 2.30. The summed E-state index contributed by atoms with van der Waals surface area (Å²) in [4.78, 5) is 29.5. The van der Waals surface area contributed by atoms with Gasteiger partial charge in [0.05, 0.1) is 12.2 Å². The molecule has 2 aliphatic rings. The van der Waals surface area contributed by atoms with Gasteiger partial charge in [-0.1, -0.05) is 82.9 Å². The van der Waals surface area contributed by atoms with Crippen LogP contribution in [0.2, 0.25) is 0 Å². The van der Waals surface area contributed by atoms with Crippen LogP contribution in [-0.2, 0) is 9.59 Å². The van der Waals surface area contributed by atoms with Crippen LogP contribution in [0.1, 0.15) is 73.8 Å². The lowest BCUT2D eigenvalue weighted by Crippen LogP contribution is -2.51. The van der Waals surface area contributed by atoms with Crippen molar-refractivity contribution in [2.75, 3.05) is 50.7 Å². The maximum atomic E-state index is 12.5. The molecule has 0 spiro atoms. The molecule has 2 aliphatic heterocycles. The van der Waals surface area contributed by atoms with Gasteiger partial charge in [0.25, 0.3) is 0 Å². The Morgan fingerprint density at radius 2 is 1.76 bits per heavy atom. The Labute approximate surface area is 313 Å². The average Bonchev–Trinajstić information content (AvgIpc) is 3.19. The Hall–Kier alpha value is -4.52. The molecule has 0 saturated carbocycles. The summed E-state index contributed by atoms with van der Waals surface area (Å²) in [5, 5.41) is 11.2. The summed E-state index contributed by atoms with van der Waals surface area (Å²) in [6, 6.07) is 8.81. The maximum absolute atomic E-state index is 12.5. The molecule has 1 fully saturated rings. The van der Waals surface area contributed by atoms with Crippen LogP contribution in [-0.4, -0.2) is 73.6 Å². The maximum Gasteiger partial charge on any atom is 0.236 e. The monoisotopic (exact) mass is 714 g/mol. The van der Waals surface area contributed by atoms with E-state index in [-0.39, 0.29) is 5.91 Å². The highest BCUT2D eigenvalue weighted by Gasteiger charge is 2.22. The van der Waals surface area contributed by atoms with Gasteiger partial charge in [-0.3, -0.25) is 19.9 Å². The Morgan fingerprint density at radius 1 is 1.08 bits per heavy atom. The van der Waals surface area contributed by atoms with Crippen molar-refractivity contribution >= 4 is 41.1 Å². The predicted molar refractivity (Wildman–Crippen MR) is 224 cm³/mol. The van der Waals surface area contributed by atoms with Gasteiger partial charge in [0.15, 0.2) is 0 Å². The SMILES string of the molecule is C#C.C=C(N/N=C(\C)C/C=C\C=C/C)/C(C)=C\C(=C/C)NC=O.CC.CCN(CC)CC(=O)N1CCN(c2cccc(C3=CSC=CC3)c2)CC1. The molecule has 2 amide bonds. The van der Waals surface area contributed by atoms with Crippen molar-refractivity contribution in [3.8, 4) is 12.8 Å². The molecule has 51 heavy (non-hydrogen) atoms. The van der Waals surface area contributed by atoms with E-state index < -0.39 is 0 Å². The second kappa shape index (κ2) is 29.2. The molecule has 1 saturated heterocycles. The standard InChI is InChI=1S/C21H29N3OS.C17H25N3O.C2H6.C2H2/c1-3-22(4-2)16-21(25)24-12-10-23(11-13-24)20-9-5-7-18(15-20)19-8-6-14-26-17-19;1-6-8-9-10-11-15(4)19-20-16(5)14(3)12-17(7-2)18-13-21;2*1-2/h5-7,9,14-15,17H,3-4,8,10-13,16H2,1-2H3;6-10,12-13,20H,5,11H2,1-4H3,(H,18,21);1-2H3;1-2H/b;8-6-,10-9-,14-12-,17-7+,19-15+;;. The fourth-order valence-electron chi connectivity index (χ4n) is 4.76. The van der Waals surface area contributed by atoms with Crippen molar-refractivity contribution in [2.45, 2.75) is 68.2 Å². The first-order chi connectivity index (χ1) is 24.8. The molecule has 1 aromatic carbocycles. The summed E-state index contributed by atoms with van der Waals surface area (Å²) in [6.45, 7) is 25.7. The van der Waals surface area contributed by atoms with E-state index in [1.807, 2.05) is 82.9 Å². The van der Waals surface area contributed by atoms with Crippen molar-refractivity contribution in [1.29, 1.82) is 0 Å². The summed E-state index contributed by atoms with van der Waals surface area (Å²) in [5.41, 5.74) is 10.2. The summed E-state index contributed by atoms with van der Waals surface area (Å²) >= 11 is 1.75. The molecule has 0 atom stereocenters. The minimum atomic E-state index is 0.262. The molecule has 0 radical (unpaired) electrons. The van der Waals surface area contributed by atoms with E-state index in [0.29, 0.717) is 18.7 Å². The van der Waals surface area contributed by atoms with Gasteiger partial charge in [-0.15, -0.1) is 24.6 Å². The van der Waals surface area contributed by atoms with Crippen LogP contribution >= 0.6 is 11.8 Å². The zero-order valence-electron chi connectivity index (χ0n) is 32.3. The van der Waals surface area contributed by atoms with Gasteiger partial charge in [-0.05, 0) is 92.9 Å². The minimum Gasteiger partial charge on any atom is -0.368 e. The first-order valence-electron chi connectivity index (χ1n) is 17.8. The van der Waals surface area contributed by atoms with Crippen LogP contribution in [0.25, 0.3) is 5.57 Å². The number of rotatable bonds is 15. The zero-order chi connectivity index (χ0) is 38.4. The number of hydrogen-bond acceptors (Lipinski definition) is 7. The van der Waals surface area contributed by atoms with Gasteiger partial charge in [0.1, 0.15) is 0 Å². The molecule has 0 aliphatic carbocycles. The van der Waals surface area contributed by atoms with Gasteiger partial charge in [-0.2, -0.15) is 5.10 Å². The number of amides is 2. The number of piperazine rings is 1. The number of allylic oxidation sites excluding steroid dienone is 9. The molecule has 1 aromatic rings. The summed E-state index contributed by atoms with van der Waals surface area (Å²) in [6.07, 6.45) is 24.3. The van der Waals surface area contributed by atoms with Crippen LogP contribution in [0.5, 0.6) is 0 Å². The molecule has 0 unspecified atom stereocenters. The summed E-state index contributed by atoms with van der Waals surface area (Å²) in [5.74, 6) is 0.262. The third kappa shape index (κ3) is 18.9.